The van der Waals surface area contributed by atoms with Gasteiger partial charge in [0.25, 0.3) is 5.91 Å². The summed E-state index contributed by atoms with van der Waals surface area (Å²) >= 11 is 0. The van der Waals surface area contributed by atoms with Crippen LogP contribution >= 0.6 is 0 Å². The number of ether oxygens (including phenoxy) is 2. The van der Waals surface area contributed by atoms with E-state index >= 15 is 0 Å². The van der Waals surface area contributed by atoms with Gasteiger partial charge >= 0.3 is 5.97 Å². The standard InChI is InChI=1S/C25H31N3O5/c1-4-32-25(31)20-8-10-21(11-9-20)33-17-23(30)28-14-12-27(13-15-28)16-22(29)26-24-18(2)6-5-7-19(24)3/h5-11H,4,12-17H2,1-3H3,(H,26,29). The Bertz CT molecular complexity index is 962. The van der Waals surface area contributed by atoms with Crippen LogP contribution in [0.25, 0.3) is 0 Å². The molecule has 3 rings (SSSR count). The van der Waals surface area contributed by atoms with Crippen molar-refractivity contribution in [2.45, 2.75) is 20.8 Å². The molecule has 1 fully saturated rings. The number of benzene rings is 2. The molecule has 1 aliphatic rings. The van der Waals surface area contributed by atoms with Crippen LogP contribution in [0, 0.1) is 13.8 Å². The van der Waals surface area contributed by atoms with Gasteiger partial charge in [-0.05, 0) is 56.2 Å². The topological polar surface area (TPSA) is 88.2 Å². The number of piperazine rings is 1. The summed E-state index contributed by atoms with van der Waals surface area (Å²) in [6.45, 7) is 8.57. The number of anilines is 1. The second kappa shape index (κ2) is 11.5. The minimum atomic E-state index is -0.388. The first-order chi connectivity index (χ1) is 15.9. The van der Waals surface area contributed by atoms with Gasteiger partial charge in [0.1, 0.15) is 5.75 Å². The van der Waals surface area contributed by atoms with Gasteiger partial charge in [0.05, 0.1) is 18.7 Å². The van der Waals surface area contributed by atoms with Crippen LogP contribution in [0.2, 0.25) is 0 Å². The molecule has 1 saturated heterocycles. The molecular weight excluding hydrogens is 422 g/mol. The average Bonchev–Trinajstić information content (AvgIpc) is 2.81. The average molecular weight is 454 g/mol. The molecule has 1 aliphatic heterocycles. The zero-order valence-corrected chi connectivity index (χ0v) is 19.4. The summed E-state index contributed by atoms with van der Waals surface area (Å²) in [6.07, 6.45) is 0. The van der Waals surface area contributed by atoms with Gasteiger partial charge in [0, 0.05) is 31.9 Å². The third-order valence-electron chi connectivity index (χ3n) is 5.57. The first-order valence-electron chi connectivity index (χ1n) is 11.1. The minimum absolute atomic E-state index is 0.0539. The van der Waals surface area contributed by atoms with E-state index in [9.17, 15) is 14.4 Å². The molecule has 176 valence electrons. The molecule has 0 saturated carbocycles. The van der Waals surface area contributed by atoms with E-state index in [1.54, 1.807) is 36.1 Å². The number of rotatable bonds is 8. The monoisotopic (exact) mass is 453 g/mol. The first kappa shape index (κ1) is 24.3. The fourth-order valence-corrected chi connectivity index (χ4v) is 3.69. The number of carbonyl (C=O) groups is 3. The Morgan fingerprint density at radius 1 is 0.939 bits per heavy atom. The fraction of sp³-hybridized carbons (Fsp3) is 0.400. The molecule has 2 aromatic carbocycles. The molecule has 0 aliphatic carbocycles. The van der Waals surface area contributed by atoms with Gasteiger partial charge in [-0.15, -0.1) is 0 Å². The smallest absolute Gasteiger partial charge is 0.338 e. The van der Waals surface area contributed by atoms with Crippen molar-refractivity contribution in [1.29, 1.82) is 0 Å². The van der Waals surface area contributed by atoms with Crippen LogP contribution in [0.1, 0.15) is 28.4 Å². The van der Waals surface area contributed by atoms with Crippen molar-refractivity contribution in [3.63, 3.8) is 0 Å². The van der Waals surface area contributed by atoms with Gasteiger partial charge < -0.3 is 19.7 Å². The van der Waals surface area contributed by atoms with Crippen LogP contribution in [0.15, 0.2) is 42.5 Å². The summed E-state index contributed by atoms with van der Waals surface area (Å²) in [5, 5.41) is 3.01. The molecule has 33 heavy (non-hydrogen) atoms. The maximum atomic E-state index is 12.5. The first-order valence-corrected chi connectivity index (χ1v) is 11.1. The molecule has 0 bridgehead atoms. The number of aryl methyl sites for hydroxylation is 2. The van der Waals surface area contributed by atoms with Gasteiger partial charge in [-0.2, -0.15) is 0 Å². The largest absolute Gasteiger partial charge is 0.484 e. The number of nitrogens with zero attached hydrogens (tertiary/aromatic N) is 2. The Balaban J connectivity index is 1.41. The summed E-state index contributed by atoms with van der Waals surface area (Å²) in [5.74, 6) is -0.0372. The van der Waals surface area contributed by atoms with E-state index in [1.807, 2.05) is 36.9 Å². The maximum absolute atomic E-state index is 12.5. The van der Waals surface area contributed by atoms with E-state index < -0.39 is 0 Å². The molecule has 2 amide bonds. The van der Waals surface area contributed by atoms with Crippen LogP contribution in [0.5, 0.6) is 5.75 Å². The Morgan fingerprint density at radius 2 is 1.58 bits per heavy atom. The SMILES string of the molecule is CCOC(=O)c1ccc(OCC(=O)N2CCN(CC(=O)Nc3c(C)cccc3C)CC2)cc1. The van der Waals surface area contributed by atoms with Gasteiger partial charge in [0.15, 0.2) is 6.61 Å². The third-order valence-corrected chi connectivity index (χ3v) is 5.57. The van der Waals surface area contributed by atoms with Crippen molar-refractivity contribution < 1.29 is 23.9 Å². The second-order valence-electron chi connectivity index (χ2n) is 8.01. The van der Waals surface area contributed by atoms with Crippen molar-refractivity contribution in [3.05, 3.63) is 59.2 Å². The zero-order chi connectivity index (χ0) is 23.8. The van der Waals surface area contributed by atoms with Crippen molar-refractivity contribution in [1.82, 2.24) is 9.80 Å². The normalized spacial score (nSPS) is 14.0. The van der Waals surface area contributed by atoms with Crippen LogP contribution in [0.4, 0.5) is 5.69 Å². The number of hydrogen-bond acceptors (Lipinski definition) is 6. The van der Waals surface area contributed by atoms with Gasteiger partial charge in [-0.1, -0.05) is 18.2 Å². The summed E-state index contributed by atoms with van der Waals surface area (Å²) in [6, 6.07) is 12.4. The van der Waals surface area contributed by atoms with E-state index in [0.717, 1.165) is 16.8 Å². The predicted octanol–water partition coefficient (Wildman–Crippen LogP) is 2.64. The quantitative estimate of drug-likeness (QED) is 0.619. The van der Waals surface area contributed by atoms with Gasteiger partial charge in [0.2, 0.25) is 5.91 Å². The minimum Gasteiger partial charge on any atom is -0.484 e. The molecule has 0 radical (unpaired) electrons. The van der Waals surface area contributed by atoms with Crippen LogP contribution in [-0.2, 0) is 14.3 Å². The molecule has 0 atom stereocenters. The van der Waals surface area contributed by atoms with E-state index in [0.29, 0.717) is 50.6 Å². The van der Waals surface area contributed by atoms with Crippen molar-refractivity contribution in [3.8, 4) is 5.75 Å². The Hall–Kier alpha value is -3.39. The number of carbonyl (C=O) groups excluding carboxylic acids is 3. The lowest BCUT2D eigenvalue weighted by atomic mass is 10.1. The number of para-hydroxylation sites is 1. The van der Waals surface area contributed by atoms with Crippen LogP contribution < -0.4 is 10.1 Å². The zero-order valence-electron chi connectivity index (χ0n) is 19.4. The molecule has 8 nitrogen and oxygen atoms in total. The molecule has 0 aromatic heterocycles. The highest BCUT2D eigenvalue weighted by Gasteiger charge is 2.23. The van der Waals surface area contributed by atoms with Crippen molar-refractivity contribution >= 4 is 23.5 Å². The van der Waals surface area contributed by atoms with Crippen LogP contribution in [0.3, 0.4) is 0 Å². The third kappa shape index (κ3) is 6.79. The highest BCUT2D eigenvalue weighted by atomic mass is 16.5. The summed E-state index contributed by atoms with van der Waals surface area (Å²) in [4.78, 5) is 40.5. The second-order valence-corrected chi connectivity index (χ2v) is 8.01. The Labute approximate surface area is 194 Å². The van der Waals surface area contributed by atoms with Gasteiger partial charge in [-0.25, -0.2) is 4.79 Å². The molecular formula is C25H31N3O5. The molecule has 1 heterocycles. The van der Waals surface area contributed by atoms with E-state index in [-0.39, 0.29) is 24.4 Å². The molecule has 0 spiro atoms. The number of hydrogen-bond donors (Lipinski definition) is 1. The van der Waals surface area contributed by atoms with Crippen molar-refractivity contribution in [2.24, 2.45) is 0 Å². The lowest BCUT2D eigenvalue weighted by Crippen LogP contribution is -2.51. The Morgan fingerprint density at radius 3 is 2.18 bits per heavy atom. The molecule has 8 heteroatoms. The lowest BCUT2D eigenvalue weighted by molar-refractivity contribution is -0.135. The highest BCUT2D eigenvalue weighted by Crippen LogP contribution is 2.19. The summed E-state index contributed by atoms with van der Waals surface area (Å²) in [5.41, 5.74) is 3.38. The van der Waals surface area contributed by atoms with E-state index in [2.05, 4.69) is 5.32 Å². The Kier molecular flexibility index (Phi) is 8.43. The highest BCUT2D eigenvalue weighted by molar-refractivity contribution is 5.93. The predicted molar refractivity (Wildman–Crippen MR) is 125 cm³/mol. The summed E-state index contributed by atoms with van der Waals surface area (Å²) in [7, 11) is 0. The fourth-order valence-electron chi connectivity index (χ4n) is 3.69. The van der Waals surface area contributed by atoms with Crippen LogP contribution in [-0.4, -0.2) is 73.5 Å². The summed E-state index contributed by atoms with van der Waals surface area (Å²) < 4.78 is 10.5. The van der Waals surface area contributed by atoms with Crippen molar-refractivity contribution in [2.75, 3.05) is 51.3 Å². The molecule has 2 aromatic rings. The van der Waals surface area contributed by atoms with E-state index in [1.165, 1.54) is 0 Å². The molecule has 1 N–H and O–H groups in total. The van der Waals surface area contributed by atoms with Gasteiger partial charge in [-0.3, -0.25) is 14.5 Å². The van der Waals surface area contributed by atoms with E-state index in [4.69, 9.17) is 9.47 Å². The lowest BCUT2D eigenvalue weighted by Gasteiger charge is -2.34. The maximum Gasteiger partial charge on any atom is 0.338 e. The number of nitrogens with one attached hydrogen (secondary N) is 1. The number of amides is 2. The number of esters is 1. The molecule has 0 unspecified atom stereocenters.